The molecule has 1 aromatic rings. The van der Waals surface area contributed by atoms with E-state index in [2.05, 4.69) is 24.8 Å². The smallest absolute Gasteiger partial charge is 0.387 e. The van der Waals surface area contributed by atoms with Gasteiger partial charge < -0.3 is 39.6 Å². The van der Waals surface area contributed by atoms with Gasteiger partial charge in [0.15, 0.2) is 6.23 Å². The Balaban J connectivity index is 1.76. The maximum atomic E-state index is 14.8. The van der Waals surface area contributed by atoms with Crippen LogP contribution in [0, 0.1) is 0 Å². The van der Waals surface area contributed by atoms with Gasteiger partial charge in [-0.15, -0.1) is 0 Å². The molecule has 1 fully saturated rings. The zero-order valence-electron chi connectivity index (χ0n) is 17.8. The van der Waals surface area contributed by atoms with E-state index in [1.165, 1.54) is 18.2 Å². The SMILES string of the molecule is O=C1C(Br)=CN([C@@H]2O[C@H](COP(=O)(O)OP(=O)(O)O)C(O)[C@@H]2O)C(O)N1CC(F)(F)c1ccccc1. The zero-order valence-corrected chi connectivity index (χ0v) is 21.2. The first-order valence-electron chi connectivity index (χ1n) is 9.85. The Morgan fingerprint density at radius 2 is 1.69 bits per heavy atom. The number of hydrogen-bond acceptors (Lipinski definition) is 10. The quantitative estimate of drug-likeness (QED) is 0.202. The molecule has 0 aliphatic carbocycles. The predicted octanol–water partition coefficient (Wildman–Crippen LogP) is 0.108. The van der Waals surface area contributed by atoms with E-state index in [-0.39, 0.29) is 4.48 Å². The van der Waals surface area contributed by atoms with Crippen molar-refractivity contribution in [2.45, 2.75) is 36.8 Å². The summed E-state index contributed by atoms with van der Waals surface area (Å²) in [5, 5.41) is 31.3. The number of hydrogen-bond donors (Lipinski definition) is 6. The number of benzene rings is 1. The average molecular weight is 625 g/mol. The van der Waals surface area contributed by atoms with Crippen LogP contribution in [0.4, 0.5) is 8.78 Å². The molecule has 2 aliphatic rings. The molecule has 2 aliphatic heterocycles. The normalized spacial score (nSPS) is 29.3. The maximum absolute atomic E-state index is 14.8. The molecule has 0 bridgehead atoms. The third-order valence-corrected chi connectivity index (χ3v) is 7.78. The first-order valence-corrected chi connectivity index (χ1v) is 13.7. The number of aliphatic hydroxyl groups is 3. The van der Waals surface area contributed by atoms with E-state index in [0.717, 1.165) is 23.2 Å². The summed E-state index contributed by atoms with van der Waals surface area (Å²) in [6.07, 6.45) is -8.18. The van der Waals surface area contributed by atoms with Crippen LogP contribution in [-0.2, 0) is 33.4 Å². The van der Waals surface area contributed by atoms with Gasteiger partial charge in [-0.1, -0.05) is 30.3 Å². The summed E-state index contributed by atoms with van der Waals surface area (Å²) >= 11 is 2.90. The van der Waals surface area contributed by atoms with Crippen molar-refractivity contribution in [3.8, 4) is 0 Å². The molecule has 1 amide bonds. The standard InChI is InChI=1S/C17H21BrF2N2O12P2/c18-10-6-21(16(26)22(14(10)25)8-17(19,20)9-4-2-1-3-5-9)15-13(24)12(23)11(33-15)7-32-36(30,31)34-35(27,28)29/h1-6,11-13,15-16,23-24,26H,7-8H2,(H,30,31)(H2,27,28,29)/t11-,12?,13+,15-,16?/m1/s1. The largest absolute Gasteiger partial charge is 0.481 e. The van der Waals surface area contributed by atoms with Crippen LogP contribution >= 0.6 is 31.6 Å². The molecule has 1 saturated heterocycles. The highest BCUT2D eigenvalue weighted by Gasteiger charge is 2.51. The van der Waals surface area contributed by atoms with Gasteiger partial charge in [0.05, 0.1) is 17.6 Å². The van der Waals surface area contributed by atoms with Crippen LogP contribution in [0.1, 0.15) is 5.56 Å². The Bertz CT molecular complexity index is 1090. The molecule has 202 valence electrons. The van der Waals surface area contributed by atoms with E-state index in [1.807, 2.05) is 0 Å². The minimum atomic E-state index is -5.42. The van der Waals surface area contributed by atoms with Gasteiger partial charge in [-0.05, 0) is 15.9 Å². The third kappa shape index (κ3) is 6.75. The molecule has 1 aromatic carbocycles. The Labute approximate surface area is 210 Å². The molecule has 36 heavy (non-hydrogen) atoms. The number of carbonyl (C=O) groups excluding carboxylic acids is 1. The number of carbonyl (C=O) groups is 1. The first kappa shape index (κ1) is 29.2. The van der Waals surface area contributed by atoms with Crippen molar-refractivity contribution in [3.63, 3.8) is 0 Å². The monoisotopic (exact) mass is 624 g/mol. The number of nitrogens with zero attached hydrogens (tertiary/aromatic N) is 2. The molecule has 6 N–H and O–H groups in total. The lowest BCUT2D eigenvalue weighted by Crippen LogP contribution is -2.59. The van der Waals surface area contributed by atoms with Crippen LogP contribution in [0.2, 0.25) is 0 Å². The molecule has 0 spiro atoms. The fourth-order valence-electron chi connectivity index (χ4n) is 3.44. The molecule has 3 rings (SSSR count). The topological polar surface area (TPSA) is 207 Å². The molecule has 2 heterocycles. The van der Waals surface area contributed by atoms with E-state index in [9.17, 15) is 42.9 Å². The Morgan fingerprint density at radius 3 is 2.28 bits per heavy atom. The molecule has 0 radical (unpaired) electrons. The van der Waals surface area contributed by atoms with Gasteiger partial charge in [0, 0.05) is 11.8 Å². The lowest BCUT2D eigenvalue weighted by molar-refractivity contribution is -0.202. The van der Waals surface area contributed by atoms with Gasteiger partial charge in [-0.3, -0.25) is 14.2 Å². The zero-order chi connectivity index (χ0) is 27.1. The highest BCUT2D eigenvalue weighted by atomic mass is 79.9. The van der Waals surface area contributed by atoms with Crippen molar-refractivity contribution in [3.05, 3.63) is 46.6 Å². The number of aliphatic hydroxyl groups excluding tert-OH is 3. The summed E-state index contributed by atoms with van der Waals surface area (Å²) in [6.45, 7) is -2.30. The Hall–Kier alpha value is -1.33. The number of phosphoric acid groups is 2. The average Bonchev–Trinajstić information content (AvgIpc) is 3.05. The molecular formula is C17H21BrF2N2O12P2. The van der Waals surface area contributed by atoms with E-state index in [1.54, 1.807) is 0 Å². The number of phosphoric ester groups is 1. The van der Waals surface area contributed by atoms with Crippen molar-refractivity contribution in [1.29, 1.82) is 0 Å². The number of ether oxygens (including phenoxy) is 1. The summed E-state index contributed by atoms with van der Waals surface area (Å²) in [7, 11) is -10.7. The summed E-state index contributed by atoms with van der Waals surface area (Å²) < 4.78 is 65.0. The van der Waals surface area contributed by atoms with E-state index < -0.39 is 77.1 Å². The van der Waals surface area contributed by atoms with Crippen LogP contribution in [0.3, 0.4) is 0 Å². The number of rotatable bonds is 9. The van der Waals surface area contributed by atoms with Crippen LogP contribution in [0.25, 0.3) is 0 Å². The van der Waals surface area contributed by atoms with Crippen molar-refractivity contribution < 1.29 is 66.3 Å². The fourth-order valence-corrected chi connectivity index (χ4v) is 5.50. The molecule has 3 unspecified atom stereocenters. The van der Waals surface area contributed by atoms with Crippen molar-refractivity contribution in [2.75, 3.05) is 13.2 Å². The van der Waals surface area contributed by atoms with Crippen LogP contribution < -0.4 is 0 Å². The summed E-state index contributed by atoms with van der Waals surface area (Å²) in [6, 6.07) is 6.50. The summed E-state index contributed by atoms with van der Waals surface area (Å²) in [5.41, 5.74) is -0.432. The van der Waals surface area contributed by atoms with Crippen molar-refractivity contribution in [2.24, 2.45) is 0 Å². The van der Waals surface area contributed by atoms with Gasteiger partial charge in [0.2, 0.25) is 6.35 Å². The lowest BCUT2D eigenvalue weighted by Gasteiger charge is -2.43. The van der Waals surface area contributed by atoms with Crippen LogP contribution in [0.5, 0.6) is 0 Å². The second-order valence-corrected chi connectivity index (χ2v) is 11.3. The van der Waals surface area contributed by atoms with Crippen LogP contribution in [-0.4, -0.2) is 89.8 Å². The minimum absolute atomic E-state index is 0.309. The second kappa shape index (κ2) is 10.8. The van der Waals surface area contributed by atoms with Gasteiger partial charge >= 0.3 is 15.6 Å². The number of alkyl halides is 2. The van der Waals surface area contributed by atoms with E-state index in [4.69, 9.17) is 14.5 Å². The maximum Gasteiger partial charge on any atom is 0.481 e. The minimum Gasteiger partial charge on any atom is -0.387 e. The van der Waals surface area contributed by atoms with Crippen molar-refractivity contribution in [1.82, 2.24) is 9.80 Å². The molecule has 0 aromatic heterocycles. The lowest BCUT2D eigenvalue weighted by atomic mass is 10.1. The highest BCUT2D eigenvalue weighted by Crippen LogP contribution is 2.57. The molecule has 6 atom stereocenters. The van der Waals surface area contributed by atoms with Gasteiger partial charge in [0.1, 0.15) is 18.3 Å². The fraction of sp³-hybridized carbons (Fsp3) is 0.471. The Kier molecular flexibility index (Phi) is 8.77. The van der Waals surface area contributed by atoms with E-state index in [0.29, 0.717) is 4.90 Å². The first-order chi connectivity index (χ1) is 16.5. The number of halogens is 3. The summed E-state index contributed by atoms with van der Waals surface area (Å²) in [5.74, 6) is -4.61. The predicted molar refractivity (Wildman–Crippen MR) is 116 cm³/mol. The molecule has 0 saturated carbocycles. The van der Waals surface area contributed by atoms with E-state index >= 15 is 0 Å². The Morgan fingerprint density at radius 1 is 1.08 bits per heavy atom. The highest BCUT2D eigenvalue weighted by molar-refractivity contribution is 9.12. The number of amides is 1. The molecule has 14 nitrogen and oxygen atoms in total. The third-order valence-electron chi connectivity index (χ3n) is 5.08. The van der Waals surface area contributed by atoms with Gasteiger partial charge in [-0.25, -0.2) is 9.13 Å². The van der Waals surface area contributed by atoms with Crippen LogP contribution in [0.15, 0.2) is 41.0 Å². The van der Waals surface area contributed by atoms with Gasteiger partial charge in [-0.2, -0.15) is 13.1 Å². The second-order valence-electron chi connectivity index (χ2n) is 7.66. The molecule has 19 heteroatoms. The summed E-state index contributed by atoms with van der Waals surface area (Å²) in [4.78, 5) is 40.3. The van der Waals surface area contributed by atoms with Crippen molar-refractivity contribution >= 4 is 37.5 Å². The van der Waals surface area contributed by atoms with Gasteiger partial charge in [0.25, 0.3) is 11.8 Å². The molecular weight excluding hydrogens is 604 g/mol.